The summed E-state index contributed by atoms with van der Waals surface area (Å²) in [7, 11) is 0. The highest BCUT2D eigenvalue weighted by Crippen LogP contribution is 2.20. The lowest BCUT2D eigenvalue weighted by Gasteiger charge is -2.23. The average molecular weight is 223 g/mol. The van der Waals surface area contributed by atoms with Crippen molar-refractivity contribution < 1.29 is 9.18 Å². The smallest absolute Gasteiger partial charge is 0.317 e. The summed E-state index contributed by atoms with van der Waals surface area (Å²) in [5.74, 6) is -0.318. The van der Waals surface area contributed by atoms with Crippen molar-refractivity contribution in [3.05, 3.63) is 30.1 Å². The van der Waals surface area contributed by atoms with Gasteiger partial charge in [0.15, 0.2) is 0 Å². The van der Waals surface area contributed by atoms with Crippen LogP contribution in [0.4, 0.5) is 14.9 Å². The molecule has 2 amide bonds. The maximum Gasteiger partial charge on any atom is 0.338 e. The summed E-state index contributed by atoms with van der Waals surface area (Å²) in [6.45, 7) is 3.87. The lowest BCUT2D eigenvalue weighted by molar-refractivity contribution is 0.247. The van der Waals surface area contributed by atoms with Gasteiger partial charge in [-0.3, -0.25) is 0 Å². The molecule has 2 rings (SSSR count). The summed E-state index contributed by atoms with van der Waals surface area (Å²) in [5.41, 5.74) is 3.24. The SMILES string of the molecule is CC[C@]1(C)NC(=O)N(c2ccc(F)cc2)N1. The van der Waals surface area contributed by atoms with Crippen LogP contribution in [-0.4, -0.2) is 11.7 Å². The van der Waals surface area contributed by atoms with E-state index in [1.54, 1.807) is 12.1 Å². The number of rotatable bonds is 2. The predicted octanol–water partition coefficient (Wildman–Crippen LogP) is 1.99. The Morgan fingerprint density at radius 2 is 2.00 bits per heavy atom. The number of benzene rings is 1. The molecule has 2 N–H and O–H groups in total. The molecule has 16 heavy (non-hydrogen) atoms. The third kappa shape index (κ3) is 1.86. The first kappa shape index (κ1) is 10.9. The van der Waals surface area contributed by atoms with Gasteiger partial charge in [-0.2, -0.15) is 0 Å². The normalized spacial score (nSPS) is 24.7. The van der Waals surface area contributed by atoms with E-state index in [4.69, 9.17) is 0 Å². The number of nitrogens with zero attached hydrogens (tertiary/aromatic N) is 1. The number of anilines is 1. The number of amides is 2. The van der Waals surface area contributed by atoms with Gasteiger partial charge in [0.2, 0.25) is 0 Å². The van der Waals surface area contributed by atoms with E-state index >= 15 is 0 Å². The molecule has 0 aromatic heterocycles. The molecule has 86 valence electrons. The molecule has 4 nitrogen and oxygen atoms in total. The van der Waals surface area contributed by atoms with Gasteiger partial charge in [-0.05, 0) is 37.6 Å². The lowest BCUT2D eigenvalue weighted by atomic mass is 10.2. The van der Waals surface area contributed by atoms with Crippen molar-refractivity contribution in [3.63, 3.8) is 0 Å². The van der Waals surface area contributed by atoms with Crippen molar-refractivity contribution in [1.29, 1.82) is 0 Å². The Morgan fingerprint density at radius 1 is 1.38 bits per heavy atom. The fourth-order valence-corrected chi connectivity index (χ4v) is 1.56. The largest absolute Gasteiger partial charge is 0.338 e. The van der Waals surface area contributed by atoms with Crippen molar-refractivity contribution in [2.75, 3.05) is 5.01 Å². The van der Waals surface area contributed by atoms with E-state index in [1.165, 1.54) is 17.1 Å². The molecule has 1 aromatic carbocycles. The Labute approximate surface area is 93.4 Å². The van der Waals surface area contributed by atoms with Gasteiger partial charge in [0.25, 0.3) is 0 Å². The lowest BCUT2D eigenvalue weighted by Crippen LogP contribution is -2.47. The van der Waals surface area contributed by atoms with Gasteiger partial charge in [-0.15, -0.1) is 0 Å². The van der Waals surface area contributed by atoms with E-state index < -0.39 is 5.66 Å². The topological polar surface area (TPSA) is 44.4 Å². The van der Waals surface area contributed by atoms with Gasteiger partial charge in [0.05, 0.1) is 5.69 Å². The molecule has 1 saturated heterocycles. The van der Waals surface area contributed by atoms with Crippen molar-refractivity contribution in [2.24, 2.45) is 0 Å². The molecule has 1 atom stereocenters. The first-order valence-corrected chi connectivity index (χ1v) is 5.20. The van der Waals surface area contributed by atoms with E-state index in [2.05, 4.69) is 10.7 Å². The maximum absolute atomic E-state index is 12.7. The highest BCUT2D eigenvalue weighted by Gasteiger charge is 2.37. The number of hydrogen-bond donors (Lipinski definition) is 2. The zero-order valence-corrected chi connectivity index (χ0v) is 9.25. The monoisotopic (exact) mass is 223 g/mol. The number of carbonyl (C=O) groups is 1. The van der Waals surface area contributed by atoms with Crippen LogP contribution in [0.2, 0.25) is 0 Å². The molecule has 1 aliphatic heterocycles. The van der Waals surface area contributed by atoms with Crippen LogP contribution in [-0.2, 0) is 0 Å². The number of carbonyl (C=O) groups excluding carboxylic acids is 1. The molecule has 0 bridgehead atoms. The molecule has 1 fully saturated rings. The van der Waals surface area contributed by atoms with Crippen LogP contribution in [0.3, 0.4) is 0 Å². The standard InChI is InChI=1S/C11H14FN3O/c1-3-11(2)13-10(16)15(14-11)9-6-4-8(12)5-7-9/h4-7,14H,3H2,1-2H3,(H,13,16)/t11-/m1/s1. The third-order valence-electron chi connectivity index (χ3n) is 2.74. The van der Waals surface area contributed by atoms with Crippen LogP contribution in [0.15, 0.2) is 24.3 Å². The first-order chi connectivity index (χ1) is 7.54. The van der Waals surface area contributed by atoms with Gasteiger partial charge in [-0.25, -0.2) is 19.6 Å². The quantitative estimate of drug-likeness (QED) is 0.805. The van der Waals surface area contributed by atoms with Gasteiger partial charge in [0.1, 0.15) is 11.5 Å². The van der Waals surface area contributed by atoms with Crippen molar-refractivity contribution in [2.45, 2.75) is 25.9 Å². The first-order valence-electron chi connectivity index (χ1n) is 5.20. The highest BCUT2D eigenvalue weighted by atomic mass is 19.1. The summed E-state index contributed by atoms with van der Waals surface area (Å²) in [6.07, 6.45) is 0.760. The number of hydrazine groups is 1. The number of hydrogen-bond acceptors (Lipinski definition) is 2. The van der Waals surface area contributed by atoms with Crippen molar-refractivity contribution in [1.82, 2.24) is 10.7 Å². The van der Waals surface area contributed by atoms with Gasteiger partial charge in [-0.1, -0.05) is 6.92 Å². The van der Waals surface area contributed by atoms with E-state index in [9.17, 15) is 9.18 Å². The Bertz CT molecular complexity index is 406. The minimum Gasteiger partial charge on any atom is -0.317 e. The van der Waals surface area contributed by atoms with Gasteiger partial charge < -0.3 is 5.32 Å². The Balaban J connectivity index is 2.23. The molecule has 0 saturated carbocycles. The molecule has 0 spiro atoms. The second kappa shape index (κ2) is 3.75. The molecular formula is C11H14FN3O. The highest BCUT2D eigenvalue weighted by molar-refractivity contribution is 5.93. The van der Waals surface area contributed by atoms with Gasteiger partial charge in [0, 0.05) is 0 Å². The molecule has 0 unspecified atom stereocenters. The molecular weight excluding hydrogens is 209 g/mol. The van der Waals surface area contributed by atoms with E-state index in [0.717, 1.165) is 6.42 Å². The molecule has 5 heteroatoms. The molecule has 0 radical (unpaired) electrons. The van der Waals surface area contributed by atoms with E-state index in [1.807, 2.05) is 13.8 Å². The van der Waals surface area contributed by atoms with Crippen LogP contribution in [0.1, 0.15) is 20.3 Å². The van der Waals surface area contributed by atoms with Crippen LogP contribution in [0.5, 0.6) is 0 Å². The second-order valence-electron chi connectivity index (χ2n) is 4.04. The predicted molar refractivity (Wildman–Crippen MR) is 59.2 cm³/mol. The van der Waals surface area contributed by atoms with Crippen LogP contribution < -0.4 is 15.8 Å². The fraction of sp³-hybridized carbons (Fsp3) is 0.364. The van der Waals surface area contributed by atoms with E-state index in [-0.39, 0.29) is 11.8 Å². The zero-order chi connectivity index (χ0) is 11.8. The second-order valence-corrected chi connectivity index (χ2v) is 4.04. The number of urea groups is 1. The molecule has 1 aliphatic rings. The molecule has 1 aromatic rings. The van der Waals surface area contributed by atoms with Gasteiger partial charge >= 0.3 is 6.03 Å². The van der Waals surface area contributed by atoms with Crippen LogP contribution in [0.25, 0.3) is 0 Å². The Morgan fingerprint density at radius 3 is 2.50 bits per heavy atom. The average Bonchev–Trinajstić information content (AvgIpc) is 2.57. The minimum atomic E-state index is -0.439. The summed E-state index contributed by atoms with van der Waals surface area (Å²) >= 11 is 0. The minimum absolute atomic E-state index is 0.226. The summed E-state index contributed by atoms with van der Waals surface area (Å²) in [4.78, 5) is 11.7. The van der Waals surface area contributed by atoms with Crippen LogP contribution in [0, 0.1) is 5.82 Å². The summed E-state index contributed by atoms with van der Waals surface area (Å²) in [5, 5.41) is 4.22. The summed E-state index contributed by atoms with van der Waals surface area (Å²) in [6, 6.07) is 5.54. The van der Waals surface area contributed by atoms with Crippen LogP contribution >= 0.6 is 0 Å². The fourth-order valence-electron chi connectivity index (χ4n) is 1.56. The molecule has 1 heterocycles. The third-order valence-corrected chi connectivity index (χ3v) is 2.74. The Hall–Kier alpha value is -1.62. The molecule has 0 aliphatic carbocycles. The zero-order valence-electron chi connectivity index (χ0n) is 9.25. The van der Waals surface area contributed by atoms with Crippen molar-refractivity contribution in [3.8, 4) is 0 Å². The number of halogens is 1. The Kier molecular flexibility index (Phi) is 2.55. The maximum atomic E-state index is 12.7. The summed E-state index contributed by atoms with van der Waals surface area (Å²) < 4.78 is 12.7. The van der Waals surface area contributed by atoms with E-state index in [0.29, 0.717) is 5.69 Å². The van der Waals surface area contributed by atoms with Crippen molar-refractivity contribution >= 4 is 11.7 Å². The number of nitrogens with one attached hydrogen (secondary N) is 2.